The van der Waals surface area contributed by atoms with E-state index < -0.39 is 0 Å². The summed E-state index contributed by atoms with van der Waals surface area (Å²) in [5.41, 5.74) is 4.92. The van der Waals surface area contributed by atoms with Crippen LogP contribution in [0.4, 0.5) is 0 Å². The molecule has 2 aromatic rings. The fourth-order valence-electron chi connectivity index (χ4n) is 2.71. The Kier molecular flexibility index (Phi) is 3.58. The highest BCUT2D eigenvalue weighted by atomic mass is 16.1. The number of carbonyl (C=O) groups excluding carboxylic acids is 1. The molecule has 3 rings (SSSR count). The summed E-state index contributed by atoms with van der Waals surface area (Å²) in [4.78, 5) is 12.3. The van der Waals surface area contributed by atoms with E-state index >= 15 is 0 Å². The summed E-state index contributed by atoms with van der Waals surface area (Å²) in [5, 5.41) is 9.05. The van der Waals surface area contributed by atoms with Gasteiger partial charge in [0, 0.05) is 11.8 Å². The third kappa shape index (κ3) is 2.80. The van der Waals surface area contributed by atoms with Gasteiger partial charge in [-0.25, -0.2) is 0 Å². The molecule has 1 aliphatic rings. The molecule has 1 saturated carbocycles. The summed E-state index contributed by atoms with van der Waals surface area (Å²) in [6.45, 7) is 4.11. The van der Waals surface area contributed by atoms with Crippen LogP contribution in [0.3, 0.4) is 0 Å². The highest BCUT2D eigenvalue weighted by Crippen LogP contribution is 2.46. The Hall–Kier alpha value is -2.40. The molecule has 0 spiro atoms. The molecule has 0 amide bonds. The van der Waals surface area contributed by atoms with Crippen LogP contribution in [0.15, 0.2) is 42.5 Å². The molecule has 2 nitrogen and oxygen atoms in total. The van der Waals surface area contributed by atoms with Crippen molar-refractivity contribution in [3.05, 3.63) is 59.2 Å². The molecule has 0 saturated heterocycles. The monoisotopic (exact) mass is 289 g/mol. The minimum atomic E-state index is -0.0776. The molecular weight excluding hydrogens is 270 g/mol. The standard InChI is InChI=1S/C20H19NO/c1-14-6-7-15(12-19(22)20(2)8-9-20)11-18(14)17-5-3-4-16(10-17)13-21/h3-7,10-11H,8-9,12H2,1-2H3. The van der Waals surface area contributed by atoms with Crippen LogP contribution in [0.2, 0.25) is 0 Å². The van der Waals surface area contributed by atoms with Gasteiger partial charge < -0.3 is 0 Å². The minimum absolute atomic E-state index is 0.0776. The molecule has 0 unspecified atom stereocenters. The minimum Gasteiger partial charge on any atom is -0.299 e. The van der Waals surface area contributed by atoms with Crippen LogP contribution in [0.25, 0.3) is 11.1 Å². The number of benzene rings is 2. The van der Waals surface area contributed by atoms with E-state index in [-0.39, 0.29) is 5.41 Å². The van der Waals surface area contributed by atoms with Gasteiger partial charge in [0.2, 0.25) is 0 Å². The Bertz CT molecular complexity index is 779. The summed E-state index contributed by atoms with van der Waals surface area (Å²) in [5.74, 6) is 0.341. The van der Waals surface area contributed by atoms with E-state index in [2.05, 4.69) is 32.0 Å². The lowest BCUT2D eigenvalue weighted by Crippen LogP contribution is -2.14. The first-order valence-electron chi connectivity index (χ1n) is 7.65. The summed E-state index contributed by atoms with van der Waals surface area (Å²) >= 11 is 0. The van der Waals surface area contributed by atoms with Gasteiger partial charge in [-0.2, -0.15) is 5.26 Å². The van der Waals surface area contributed by atoms with Crippen LogP contribution < -0.4 is 0 Å². The lowest BCUT2D eigenvalue weighted by molar-refractivity contribution is -0.122. The quantitative estimate of drug-likeness (QED) is 0.834. The van der Waals surface area contributed by atoms with Gasteiger partial charge >= 0.3 is 0 Å². The molecule has 1 fully saturated rings. The number of hydrogen-bond donors (Lipinski definition) is 0. The molecule has 2 aromatic carbocycles. The Morgan fingerprint density at radius 3 is 2.68 bits per heavy atom. The van der Waals surface area contributed by atoms with E-state index in [1.807, 2.05) is 24.3 Å². The lowest BCUT2D eigenvalue weighted by Gasteiger charge is -2.11. The highest BCUT2D eigenvalue weighted by Gasteiger charge is 2.43. The van der Waals surface area contributed by atoms with Gasteiger partial charge in [0.15, 0.2) is 0 Å². The van der Waals surface area contributed by atoms with Gasteiger partial charge in [-0.1, -0.05) is 37.3 Å². The van der Waals surface area contributed by atoms with Gasteiger partial charge in [0.25, 0.3) is 0 Å². The maximum absolute atomic E-state index is 12.3. The van der Waals surface area contributed by atoms with E-state index in [1.165, 1.54) is 0 Å². The number of Topliss-reactive ketones (excluding diaryl/α,β-unsaturated/α-hetero) is 1. The third-order valence-electron chi connectivity index (χ3n) is 4.64. The fraction of sp³-hybridized carbons (Fsp3) is 0.300. The van der Waals surface area contributed by atoms with Crippen molar-refractivity contribution in [2.24, 2.45) is 5.41 Å². The molecular formula is C20H19NO. The van der Waals surface area contributed by atoms with Gasteiger partial charge in [-0.15, -0.1) is 0 Å². The van der Waals surface area contributed by atoms with Crippen LogP contribution >= 0.6 is 0 Å². The second-order valence-corrected chi connectivity index (χ2v) is 6.50. The lowest BCUT2D eigenvalue weighted by atomic mass is 9.92. The Labute approximate surface area is 131 Å². The van der Waals surface area contributed by atoms with E-state index in [9.17, 15) is 4.79 Å². The van der Waals surface area contributed by atoms with Crippen LogP contribution in [-0.2, 0) is 11.2 Å². The Morgan fingerprint density at radius 2 is 2.00 bits per heavy atom. The number of aryl methyl sites for hydroxylation is 1. The van der Waals surface area contributed by atoms with E-state index in [0.717, 1.165) is 35.1 Å². The number of nitriles is 1. The van der Waals surface area contributed by atoms with E-state index in [0.29, 0.717) is 17.8 Å². The van der Waals surface area contributed by atoms with Crippen molar-refractivity contribution in [1.82, 2.24) is 0 Å². The fourth-order valence-corrected chi connectivity index (χ4v) is 2.71. The average molecular weight is 289 g/mol. The topological polar surface area (TPSA) is 40.9 Å². The van der Waals surface area contributed by atoms with Gasteiger partial charge in [0.05, 0.1) is 11.6 Å². The first kappa shape index (κ1) is 14.5. The van der Waals surface area contributed by atoms with Crippen molar-refractivity contribution in [2.75, 3.05) is 0 Å². The maximum Gasteiger partial charge on any atom is 0.143 e. The zero-order valence-corrected chi connectivity index (χ0v) is 13.0. The average Bonchev–Trinajstić information content (AvgIpc) is 3.28. The van der Waals surface area contributed by atoms with E-state index in [1.54, 1.807) is 6.07 Å². The van der Waals surface area contributed by atoms with Crippen LogP contribution in [0, 0.1) is 23.7 Å². The van der Waals surface area contributed by atoms with Crippen molar-refractivity contribution in [1.29, 1.82) is 5.26 Å². The summed E-state index contributed by atoms with van der Waals surface area (Å²) in [6.07, 6.45) is 2.55. The maximum atomic E-state index is 12.3. The van der Waals surface area contributed by atoms with Crippen LogP contribution in [-0.4, -0.2) is 5.78 Å². The second kappa shape index (κ2) is 5.42. The molecule has 0 radical (unpaired) electrons. The Balaban J connectivity index is 1.93. The Morgan fingerprint density at radius 1 is 1.23 bits per heavy atom. The summed E-state index contributed by atoms with van der Waals surface area (Å²) < 4.78 is 0. The number of ketones is 1. The number of carbonyl (C=O) groups is 1. The molecule has 0 aromatic heterocycles. The molecule has 0 atom stereocenters. The zero-order valence-electron chi connectivity index (χ0n) is 13.0. The third-order valence-corrected chi connectivity index (χ3v) is 4.64. The normalized spacial score (nSPS) is 15.1. The smallest absolute Gasteiger partial charge is 0.143 e. The number of nitrogens with zero attached hydrogens (tertiary/aromatic N) is 1. The summed E-state index contributed by atoms with van der Waals surface area (Å²) in [6, 6.07) is 16.0. The first-order valence-corrected chi connectivity index (χ1v) is 7.65. The molecule has 0 heterocycles. The SMILES string of the molecule is Cc1ccc(CC(=O)C2(C)CC2)cc1-c1cccc(C#N)c1. The van der Waals surface area contributed by atoms with Gasteiger partial charge in [0.1, 0.15) is 5.78 Å². The first-order chi connectivity index (χ1) is 10.5. The van der Waals surface area contributed by atoms with Crippen LogP contribution in [0.5, 0.6) is 0 Å². The van der Waals surface area contributed by atoms with Crippen molar-refractivity contribution >= 4 is 5.78 Å². The second-order valence-electron chi connectivity index (χ2n) is 6.50. The molecule has 110 valence electrons. The highest BCUT2D eigenvalue weighted by molar-refractivity contribution is 5.89. The molecule has 22 heavy (non-hydrogen) atoms. The summed E-state index contributed by atoms with van der Waals surface area (Å²) in [7, 11) is 0. The molecule has 1 aliphatic carbocycles. The predicted molar refractivity (Wildman–Crippen MR) is 87.4 cm³/mol. The molecule has 0 N–H and O–H groups in total. The van der Waals surface area contributed by atoms with Gasteiger partial charge in [-0.3, -0.25) is 4.79 Å². The number of rotatable bonds is 4. The van der Waals surface area contributed by atoms with Crippen LogP contribution in [0.1, 0.15) is 36.5 Å². The van der Waals surface area contributed by atoms with Gasteiger partial charge in [-0.05, 0) is 54.2 Å². The molecule has 0 bridgehead atoms. The van der Waals surface area contributed by atoms with Crippen molar-refractivity contribution in [2.45, 2.75) is 33.1 Å². The van der Waals surface area contributed by atoms with Crippen molar-refractivity contribution < 1.29 is 4.79 Å². The largest absolute Gasteiger partial charge is 0.299 e. The zero-order chi connectivity index (χ0) is 15.7. The van der Waals surface area contributed by atoms with Crippen molar-refractivity contribution in [3.8, 4) is 17.2 Å². The van der Waals surface area contributed by atoms with E-state index in [4.69, 9.17) is 5.26 Å². The predicted octanol–water partition coefficient (Wildman–Crippen LogP) is 4.45. The number of hydrogen-bond acceptors (Lipinski definition) is 2. The molecule has 2 heteroatoms. The molecule has 0 aliphatic heterocycles. The van der Waals surface area contributed by atoms with Crippen molar-refractivity contribution in [3.63, 3.8) is 0 Å².